The molecule has 2 N–H and O–H groups in total. The van der Waals surface area contributed by atoms with Crippen molar-refractivity contribution in [3.63, 3.8) is 0 Å². The minimum absolute atomic E-state index is 0.00997. The molecule has 3 rings (SSSR count). The number of nitrogens with zero attached hydrogens (tertiary/aromatic N) is 3. The number of aromatic nitrogens is 3. The second kappa shape index (κ2) is 8.76. The molecular weight excluding hydrogens is 417 g/mol. The highest BCUT2D eigenvalue weighted by Crippen LogP contribution is 2.21. The number of halogens is 2. The van der Waals surface area contributed by atoms with Crippen molar-refractivity contribution in [2.24, 2.45) is 0 Å². The summed E-state index contributed by atoms with van der Waals surface area (Å²) in [7, 11) is 0. The molecule has 0 atom stereocenters. The summed E-state index contributed by atoms with van der Waals surface area (Å²) in [5, 5.41) is 13.1. The van der Waals surface area contributed by atoms with Gasteiger partial charge >= 0.3 is 0 Å². The summed E-state index contributed by atoms with van der Waals surface area (Å²) >= 11 is 11.5. The van der Waals surface area contributed by atoms with Crippen LogP contribution in [0.5, 0.6) is 0 Å². The Morgan fingerprint density at radius 3 is 2.31 bits per heavy atom. The molecule has 0 unspecified atom stereocenters. The molecule has 0 radical (unpaired) electrons. The normalized spacial score (nSPS) is 10.3. The predicted molar refractivity (Wildman–Crippen MR) is 109 cm³/mol. The highest BCUT2D eigenvalue weighted by molar-refractivity contribution is 6.30. The van der Waals surface area contributed by atoms with Crippen LogP contribution in [0, 0.1) is 0 Å². The van der Waals surface area contributed by atoms with E-state index < -0.39 is 11.8 Å². The third-order valence-electron chi connectivity index (χ3n) is 3.75. The molecule has 0 spiro atoms. The van der Waals surface area contributed by atoms with Crippen molar-refractivity contribution >= 4 is 52.3 Å². The van der Waals surface area contributed by atoms with E-state index in [1.165, 1.54) is 49.5 Å². The van der Waals surface area contributed by atoms with Crippen molar-refractivity contribution in [2.45, 2.75) is 6.92 Å². The van der Waals surface area contributed by atoms with Crippen LogP contribution < -0.4 is 10.6 Å². The van der Waals surface area contributed by atoms with Crippen LogP contribution in [0.15, 0.2) is 48.7 Å². The molecule has 2 amide bonds. The van der Waals surface area contributed by atoms with Crippen molar-refractivity contribution in [2.75, 3.05) is 10.6 Å². The van der Waals surface area contributed by atoms with Gasteiger partial charge in [-0.2, -0.15) is 0 Å². The minimum atomic E-state index is -0.594. The van der Waals surface area contributed by atoms with Crippen LogP contribution in [0.3, 0.4) is 0 Å². The highest BCUT2D eigenvalue weighted by Gasteiger charge is 2.18. The molecule has 0 saturated heterocycles. The Balaban J connectivity index is 1.90. The number of benzene rings is 1. The molecule has 0 aliphatic heterocycles. The summed E-state index contributed by atoms with van der Waals surface area (Å²) in [6, 6.07) is 10.3. The number of anilines is 2. The van der Waals surface area contributed by atoms with E-state index in [1.54, 1.807) is 6.07 Å². The van der Waals surface area contributed by atoms with Crippen molar-refractivity contribution < 1.29 is 14.4 Å². The zero-order valence-corrected chi connectivity index (χ0v) is 16.5. The van der Waals surface area contributed by atoms with E-state index in [1.807, 2.05) is 0 Å². The van der Waals surface area contributed by atoms with Gasteiger partial charge in [-0.1, -0.05) is 23.2 Å². The number of carbonyl (C=O) groups excluding carboxylic acids is 3. The molecule has 3 aromatic rings. The highest BCUT2D eigenvalue weighted by atomic mass is 35.5. The Morgan fingerprint density at radius 1 is 0.897 bits per heavy atom. The smallest absolute Gasteiger partial charge is 0.276 e. The van der Waals surface area contributed by atoms with Gasteiger partial charge in [0.05, 0.1) is 16.3 Å². The molecule has 0 aliphatic rings. The predicted octanol–water partition coefficient (Wildman–Crippen LogP) is 3.89. The number of nitrogens with one attached hydrogen (secondary N) is 2. The van der Waals surface area contributed by atoms with Gasteiger partial charge < -0.3 is 10.6 Å². The van der Waals surface area contributed by atoms with E-state index in [9.17, 15) is 14.4 Å². The molecule has 1 aromatic carbocycles. The van der Waals surface area contributed by atoms with Crippen LogP contribution in [0.2, 0.25) is 10.2 Å². The maximum Gasteiger partial charge on any atom is 0.276 e. The Morgan fingerprint density at radius 2 is 1.69 bits per heavy atom. The lowest BCUT2D eigenvalue weighted by atomic mass is 10.0. The Labute approximate surface area is 175 Å². The number of rotatable bonds is 5. The Hall–Kier alpha value is -3.36. The lowest BCUT2D eigenvalue weighted by Gasteiger charge is -2.12. The van der Waals surface area contributed by atoms with Crippen LogP contribution in [-0.2, 0) is 0 Å². The zero-order valence-electron chi connectivity index (χ0n) is 14.9. The van der Waals surface area contributed by atoms with Crippen LogP contribution in [-0.4, -0.2) is 32.8 Å². The number of hydrogen-bond acceptors (Lipinski definition) is 6. The van der Waals surface area contributed by atoms with Gasteiger partial charge in [-0.15, -0.1) is 10.2 Å². The molecule has 0 saturated carbocycles. The molecule has 2 aromatic heterocycles. The molecule has 2 heterocycles. The molecule has 146 valence electrons. The van der Waals surface area contributed by atoms with Crippen molar-refractivity contribution in [1.29, 1.82) is 0 Å². The van der Waals surface area contributed by atoms with Crippen LogP contribution in [0.25, 0.3) is 0 Å². The van der Waals surface area contributed by atoms with E-state index in [4.69, 9.17) is 23.2 Å². The summed E-state index contributed by atoms with van der Waals surface area (Å²) in [6.45, 7) is 1.37. The number of hydrogen-bond donors (Lipinski definition) is 2. The van der Waals surface area contributed by atoms with Gasteiger partial charge in [-0.25, -0.2) is 4.98 Å². The van der Waals surface area contributed by atoms with Gasteiger partial charge in [0, 0.05) is 11.8 Å². The van der Waals surface area contributed by atoms with Crippen molar-refractivity contribution in [1.82, 2.24) is 15.2 Å². The number of ketones is 1. The SMILES string of the molecule is CC(=O)c1ccc(NC(=O)c2ccc(Cl)nn2)c(C(=O)Nc2ccc(Cl)cn2)c1. The van der Waals surface area contributed by atoms with Gasteiger partial charge in [-0.3, -0.25) is 14.4 Å². The lowest BCUT2D eigenvalue weighted by molar-refractivity contribution is 0.101. The van der Waals surface area contributed by atoms with Gasteiger partial charge in [-0.05, 0) is 49.4 Å². The van der Waals surface area contributed by atoms with E-state index in [2.05, 4.69) is 25.8 Å². The third-order valence-corrected chi connectivity index (χ3v) is 4.18. The maximum absolute atomic E-state index is 12.8. The molecular formula is C19H13Cl2N5O3. The largest absolute Gasteiger partial charge is 0.320 e. The quantitative estimate of drug-likeness (QED) is 0.594. The summed E-state index contributed by atoms with van der Waals surface area (Å²) in [5.74, 6) is -1.14. The van der Waals surface area contributed by atoms with Gasteiger partial charge in [0.15, 0.2) is 16.6 Å². The molecule has 29 heavy (non-hydrogen) atoms. The van der Waals surface area contributed by atoms with E-state index >= 15 is 0 Å². The Bertz CT molecular complexity index is 1090. The first-order valence-electron chi connectivity index (χ1n) is 8.22. The average Bonchev–Trinajstić information content (AvgIpc) is 2.70. The van der Waals surface area contributed by atoms with Gasteiger partial charge in [0.2, 0.25) is 0 Å². The van der Waals surface area contributed by atoms with Crippen LogP contribution in [0.1, 0.15) is 38.1 Å². The first kappa shape index (κ1) is 20.4. The fourth-order valence-corrected chi connectivity index (χ4v) is 2.53. The van der Waals surface area contributed by atoms with Crippen LogP contribution >= 0.6 is 23.2 Å². The van der Waals surface area contributed by atoms with Gasteiger partial charge in [0.1, 0.15) is 5.82 Å². The summed E-state index contributed by atoms with van der Waals surface area (Å²) in [4.78, 5) is 40.9. The molecule has 10 heteroatoms. The summed E-state index contributed by atoms with van der Waals surface area (Å²) < 4.78 is 0. The molecule has 8 nitrogen and oxygen atoms in total. The second-order valence-electron chi connectivity index (χ2n) is 5.83. The van der Waals surface area contributed by atoms with E-state index in [0.29, 0.717) is 10.6 Å². The third kappa shape index (κ3) is 5.13. The van der Waals surface area contributed by atoms with Crippen molar-refractivity contribution in [3.8, 4) is 0 Å². The number of amides is 2. The number of Topliss-reactive ketones (excluding diaryl/α,β-unsaturated/α-hetero) is 1. The lowest BCUT2D eigenvalue weighted by Crippen LogP contribution is -2.20. The first-order chi connectivity index (χ1) is 13.8. The summed E-state index contributed by atoms with van der Waals surface area (Å²) in [6.07, 6.45) is 1.38. The molecule has 0 aliphatic carbocycles. The number of pyridine rings is 1. The molecule has 0 fully saturated rings. The van der Waals surface area contributed by atoms with Crippen LogP contribution in [0.4, 0.5) is 11.5 Å². The molecule has 0 bridgehead atoms. The van der Waals surface area contributed by atoms with Gasteiger partial charge in [0.25, 0.3) is 11.8 Å². The second-order valence-corrected chi connectivity index (χ2v) is 6.65. The topological polar surface area (TPSA) is 114 Å². The standard InChI is InChI=1S/C19H13Cl2N5O3/c1-10(27)11-2-4-14(23-19(29)15-5-6-16(21)26-25-15)13(8-11)18(28)24-17-7-3-12(20)9-22-17/h2-9H,1H3,(H,23,29)(H,22,24,28). The monoisotopic (exact) mass is 429 g/mol. The fraction of sp³-hybridized carbons (Fsp3) is 0.0526. The minimum Gasteiger partial charge on any atom is -0.320 e. The fourth-order valence-electron chi connectivity index (χ4n) is 2.32. The summed E-state index contributed by atoms with van der Waals surface area (Å²) in [5.41, 5.74) is 0.576. The average molecular weight is 430 g/mol. The van der Waals surface area contributed by atoms with E-state index in [0.717, 1.165) is 0 Å². The Kier molecular flexibility index (Phi) is 6.16. The first-order valence-corrected chi connectivity index (χ1v) is 8.97. The maximum atomic E-state index is 12.8. The van der Waals surface area contributed by atoms with Crippen molar-refractivity contribution in [3.05, 3.63) is 75.7 Å². The number of carbonyl (C=O) groups is 3. The zero-order chi connectivity index (χ0) is 21.0. The van der Waals surface area contributed by atoms with E-state index in [-0.39, 0.29) is 33.7 Å².